The molecule has 0 heterocycles. The lowest BCUT2D eigenvalue weighted by Crippen LogP contribution is -2.34. The number of amides is 1. The van der Waals surface area contributed by atoms with Gasteiger partial charge in [0.05, 0.1) is 0 Å². The summed E-state index contributed by atoms with van der Waals surface area (Å²) < 4.78 is 3.38. The maximum absolute atomic E-state index is 11.8. The second kappa shape index (κ2) is 8.60. The fourth-order valence-corrected chi connectivity index (χ4v) is 1.90. The summed E-state index contributed by atoms with van der Waals surface area (Å²) in [4.78, 5) is 13.4. The van der Waals surface area contributed by atoms with Gasteiger partial charge in [-0.05, 0) is 25.3 Å². The molecule has 0 unspecified atom stereocenters. The Hall–Kier alpha value is -0.640. The molecule has 0 saturated carbocycles. The molecular weight excluding hydrogens is 321 g/mol. The van der Waals surface area contributed by atoms with Crippen LogP contribution in [0.2, 0.25) is 0 Å². The Morgan fingerprint density at radius 1 is 1.25 bits per heavy atom. The van der Waals surface area contributed by atoms with Crippen molar-refractivity contribution in [1.29, 1.82) is 0 Å². The molecule has 6 heteroatoms. The third-order valence-corrected chi connectivity index (χ3v) is 3.06. The first-order chi connectivity index (χ1) is 9.42. The van der Waals surface area contributed by atoms with Crippen LogP contribution < -0.4 is 0 Å². The molecule has 0 aliphatic carbocycles. The number of alkyl halides is 3. The van der Waals surface area contributed by atoms with E-state index in [0.29, 0.717) is 13.1 Å². The van der Waals surface area contributed by atoms with E-state index in [-0.39, 0.29) is 6.61 Å². The number of rotatable bonds is 6. The largest absolute Gasteiger partial charge is 0.445 e. The van der Waals surface area contributed by atoms with Gasteiger partial charge in [-0.1, -0.05) is 65.1 Å². The van der Waals surface area contributed by atoms with Crippen molar-refractivity contribution in [3.8, 4) is 0 Å². The van der Waals surface area contributed by atoms with E-state index in [0.717, 1.165) is 12.8 Å². The minimum Gasteiger partial charge on any atom is -0.445 e. The topological polar surface area (TPSA) is 29.5 Å². The zero-order chi connectivity index (χ0) is 15.0. The molecule has 0 spiro atoms. The normalized spacial score (nSPS) is 11.2. The molecule has 112 valence electrons. The lowest BCUT2D eigenvalue weighted by atomic mass is 10.1. The van der Waals surface area contributed by atoms with Crippen molar-refractivity contribution in [1.82, 2.24) is 4.90 Å². The number of carbonyl (C=O) groups is 1. The molecule has 20 heavy (non-hydrogen) atoms. The second-order valence-corrected chi connectivity index (χ2v) is 6.85. The summed E-state index contributed by atoms with van der Waals surface area (Å²) >= 11 is 16.6. The molecule has 0 bridgehead atoms. The SMILES string of the molecule is CCN(CCCc1ccccc1)C(=O)OCC(Cl)(Cl)Cl. The Labute approximate surface area is 134 Å². The number of hydrogen-bond acceptors (Lipinski definition) is 2. The Morgan fingerprint density at radius 3 is 2.45 bits per heavy atom. The van der Waals surface area contributed by atoms with Gasteiger partial charge in [0.2, 0.25) is 3.79 Å². The van der Waals surface area contributed by atoms with Crippen molar-refractivity contribution < 1.29 is 9.53 Å². The van der Waals surface area contributed by atoms with E-state index >= 15 is 0 Å². The van der Waals surface area contributed by atoms with Gasteiger partial charge in [0.25, 0.3) is 0 Å². The summed E-state index contributed by atoms with van der Waals surface area (Å²) in [5.74, 6) is 0. The van der Waals surface area contributed by atoms with Gasteiger partial charge in [-0.2, -0.15) is 0 Å². The highest BCUT2D eigenvalue weighted by Crippen LogP contribution is 2.26. The predicted octanol–water partition coefficient (Wildman–Crippen LogP) is 4.45. The third kappa shape index (κ3) is 7.22. The molecule has 0 saturated heterocycles. The number of halogens is 3. The zero-order valence-corrected chi connectivity index (χ0v) is 13.6. The van der Waals surface area contributed by atoms with Gasteiger partial charge >= 0.3 is 6.09 Å². The highest BCUT2D eigenvalue weighted by atomic mass is 35.6. The van der Waals surface area contributed by atoms with E-state index in [2.05, 4.69) is 12.1 Å². The average Bonchev–Trinajstić information content (AvgIpc) is 2.41. The maximum atomic E-state index is 11.8. The number of carbonyl (C=O) groups excluding carboxylic acids is 1. The first-order valence-electron chi connectivity index (χ1n) is 6.44. The third-order valence-electron chi connectivity index (χ3n) is 2.74. The van der Waals surface area contributed by atoms with Crippen molar-refractivity contribution in [2.24, 2.45) is 0 Å². The van der Waals surface area contributed by atoms with Crippen molar-refractivity contribution in [2.75, 3.05) is 19.7 Å². The molecule has 0 aliphatic heterocycles. The molecule has 0 fully saturated rings. The minimum atomic E-state index is -1.57. The van der Waals surface area contributed by atoms with Crippen LogP contribution in [0, 0.1) is 0 Å². The molecule has 0 aromatic heterocycles. The summed E-state index contributed by atoms with van der Waals surface area (Å²) in [6.07, 6.45) is 1.32. The molecule has 0 N–H and O–H groups in total. The van der Waals surface area contributed by atoms with E-state index in [1.54, 1.807) is 4.90 Å². The van der Waals surface area contributed by atoms with Gasteiger partial charge in [0, 0.05) is 13.1 Å². The Kier molecular flexibility index (Phi) is 7.49. The van der Waals surface area contributed by atoms with E-state index in [1.165, 1.54) is 5.56 Å². The molecule has 1 aromatic rings. The highest BCUT2D eigenvalue weighted by Gasteiger charge is 2.23. The minimum absolute atomic E-state index is 0.244. The summed E-state index contributed by atoms with van der Waals surface area (Å²) in [5.41, 5.74) is 1.25. The van der Waals surface area contributed by atoms with Crippen LogP contribution in [0.15, 0.2) is 30.3 Å². The van der Waals surface area contributed by atoms with Gasteiger partial charge in [0.1, 0.15) is 6.61 Å². The lowest BCUT2D eigenvalue weighted by molar-refractivity contribution is 0.105. The van der Waals surface area contributed by atoms with Crippen molar-refractivity contribution in [3.05, 3.63) is 35.9 Å². The standard InChI is InChI=1S/C14H18Cl3NO2/c1-2-18(13(19)20-11-14(15,16)17)10-6-9-12-7-4-3-5-8-12/h3-5,7-8H,2,6,9-11H2,1H3. The van der Waals surface area contributed by atoms with Gasteiger partial charge in [0.15, 0.2) is 0 Å². The van der Waals surface area contributed by atoms with Crippen LogP contribution in [0.5, 0.6) is 0 Å². The monoisotopic (exact) mass is 337 g/mol. The quantitative estimate of drug-likeness (QED) is 0.717. The number of aryl methyl sites for hydroxylation is 1. The summed E-state index contributed by atoms with van der Waals surface area (Å²) in [5, 5.41) is 0. The van der Waals surface area contributed by atoms with Crippen molar-refractivity contribution >= 4 is 40.9 Å². The summed E-state index contributed by atoms with van der Waals surface area (Å²) in [6, 6.07) is 10.1. The number of ether oxygens (including phenoxy) is 1. The fourth-order valence-electron chi connectivity index (χ4n) is 1.73. The van der Waals surface area contributed by atoms with Crippen LogP contribution in [0.1, 0.15) is 18.9 Å². The average molecular weight is 339 g/mol. The molecule has 3 nitrogen and oxygen atoms in total. The summed E-state index contributed by atoms with van der Waals surface area (Å²) in [6.45, 7) is 2.82. The van der Waals surface area contributed by atoms with E-state index in [4.69, 9.17) is 39.5 Å². The molecule has 1 aromatic carbocycles. The van der Waals surface area contributed by atoms with Crippen molar-refractivity contribution in [2.45, 2.75) is 23.6 Å². The Bertz CT molecular complexity index is 407. The van der Waals surface area contributed by atoms with E-state index in [1.807, 2.05) is 25.1 Å². The Balaban J connectivity index is 2.33. The van der Waals surface area contributed by atoms with Crippen LogP contribution in [-0.2, 0) is 11.2 Å². The van der Waals surface area contributed by atoms with Crippen LogP contribution in [0.4, 0.5) is 4.79 Å². The number of nitrogens with zero attached hydrogens (tertiary/aromatic N) is 1. The van der Waals surface area contributed by atoms with Crippen LogP contribution in [0.3, 0.4) is 0 Å². The van der Waals surface area contributed by atoms with Gasteiger partial charge in [-0.15, -0.1) is 0 Å². The first-order valence-corrected chi connectivity index (χ1v) is 7.58. The Morgan fingerprint density at radius 2 is 1.90 bits per heavy atom. The fraction of sp³-hybridized carbons (Fsp3) is 0.500. The highest BCUT2D eigenvalue weighted by molar-refractivity contribution is 6.67. The molecule has 0 atom stereocenters. The van der Waals surface area contributed by atoms with Gasteiger partial charge in [-0.25, -0.2) is 4.79 Å². The molecular formula is C14H18Cl3NO2. The smallest absolute Gasteiger partial charge is 0.409 e. The molecule has 0 radical (unpaired) electrons. The van der Waals surface area contributed by atoms with Crippen LogP contribution >= 0.6 is 34.8 Å². The molecule has 0 aliphatic rings. The first kappa shape index (κ1) is 17.4. The predicted molar refractivity (Wildman–Crippen MR) is 83.6 cm³/mol. The maximum Gasteiger partial charge on any atom is 0.409 e. The van der Waals surface area contributed by atoms with Crippen LogP contribution in [-0.4, -0.2) is 34.5 Å². The van der Waals surface area contributed by atoms with E-state index < -0.39 is 9.89 Å². The molecule has 1 rings (SSSR count). The number of hydrogen-bond donors (Lipinski definition) is 0. The van der Waals surface area contributed by atoms with E-state index in [9.17, 15) is 4.79 Å². The van der Waals surface area contributed by atoms with Gasteiger partial charge < -0.3 is 9.64 Å². The zero-order valence-electron chi connectivity index (χ0n) is 11.3. The summed E-state index contributed by atoms with van der Waals surface area (Å²) in [7, 11) is 0. The second-order valence-electron chi connectivity index (χ2n) is 4.34. The number of benzene rings is 1. The van der Waals surface area contributed by atoms with Crippen LogP contribution in [0.25, 0.3) is 0 Å². The van der Waals surface area contributed by atoms with Crippen molar-refractivity contribution in [3.63, 3.8) is 0 Å². The molecule has 1 amide bonds. The van der Waals surface area contributed by atoms with Gasteiger partial charge in [-0.3, -0.25) is 0 Å². The lowest BCUT2D eigenvalue weighted by Gasteiger charge is -2.21.